The zero-order valence-corrected chi connectivity index (χ0v) is 9.52. The fourth-order valence-corrected chi connectivity index (χ4v) is 1.70. The highest BCUT2D eigenvalue weighted by Crippen LogP contribution is 2.10. The second-order valence-corrected chi connectivity index (χ2v) is 3.80. The van der Waals surface area contributed by atoms with Gasteiger partial charge in [0.25, 0.3) is 0 Å². The molecule has 0 radical (unpaired) electrons. The normalized spacial score (nSPS) is 20.1. The van der Waals surface area contributed by atoms with Crippen LogP contribution in [-0.2, 0) is 0 Å². The number of aliphatic hydroxyl groups excluding tert-OH is 1. The number of unbranched alkanes of at least 4 members (excludes halogenated alkanes) is 1. The van der Waals surface area contributed by atoms with Crippen LogP contribution in [-0.4, -0.2) is 29.3 Å². The molecule has 3 heteroatoms. The van der Waals surface area contributed by atoms with E-state index in [9.17, 15) is 0 Å². The number of allylic oxidation sites excluding steroid dienone is 2. The zero-order chi connectivity index (χ0) is 10.9. The second-order valence-electron chi connectivity index (χ2n) is 3.80. The molecule has 0 amide bonds. The third kappa shape index (κ3) is 4.38. The summed E-state index contributed by atoms with van der Waals surface area (Å²) in [7, 11) is 0. The van der Waals surface area contributed by atoms with Gasteiger partial charge in [0.05, 0.1) is 12.8 Å². The van der Waals surface area contributed by atoms with Crippen LogP contribution in [0.4, 0.5) is 0 Å². The Morgan fingerprint density at radius 2 is 2.20 bits per heavy atom. The molecule has 0 bridgehead atoms. The third-order valence-corrected chi connectivity index (χ3v) is 2.54. The van der Waals surface area contributed by atoms with Gasteiger partial charge in [0.2, 0.25) is 0 Å². The highest BCUT2D eigenvalue weighted by Gasteiger charge is 2.16. The Morgan fingerprint density at radius 3 is 2.93 bits per heavy atom. The van der Waals surface area contributed by atoms with Gasteiger partial charge in [0, 0.05) is 18.9 Å². The van der Waals surface area contributed by atoms with Gasteiger partial charge in [-0.05, 0) is 19.3 Å². The topological polar surface area (TPSA) is 35.5 Å². The van der Waals surface area contributed by atoms with Crippen LogP contribution in [0.15, 0.2) is 24.6 Å². The summed E-state index contributed by atoms with van der Waals surface area (Å²) in [6, 6.07) is 0. The molecule has 0 spiro atoms. The molecule has 0 aromatic heterocycles. The summed E-state index contributed by atoms with van der Waals surface area (Å²) in [5.41, 5.74) is 0. The summed E-state index contributed by atoms with van der Waals surface area (Å²) in [4.78, 5) is 2.15. The van der Waals surface area contributed by atoms with Crippen molar-refractivity contribution in [2.75, 3.05) is 13.2 Å². The summed E-state index contributed by atoms with van der Waals surface area (Å²) in [6.45, 7) is 3.12. The summed E-state index contributed by atoms with van der Waals surface area (Å²) in [6.07, 6.45) is 13.4. The Labute approximate surface area is 92.5 Å². The van der Waals surface area contributed by atoms with Crippen molar-refractivity contribution in [1.82, 2.24) is 10.2 Å². The molecule has 3 nitrogen and oxygen atoms in total. The number of hydrogen-bond acceptors (Lipinski definition) is 3. The Kier molecular flexibility index (Phi) is 5.93. The highest BCUT2D eigenvalue weighted by atomic mass is 16.3. The molecule has 0 saturated carbocycles. The summed E-state index contributed by atoms with van der Waals surface area (Å²) < 4.78 is 0. The molecular formula is C12H22N2O. The largest absolute Gasteiger partial charge is 0.395 e. The SMILES string of the molecule is CCC/C=C/CCC1NC=CN1CCO. The number of β-amino-alcohol motifs (C(OH)–C–C–N with tert-alkyl or cyclic N) is 1. The zero-order valence-electron chi connectivity index (χ0n) is 9.52. The molecule has 1 heterocycles. The number of nitrogens with zero attached hydrogens (tertiary/aromatic N) is 1. The monoisotopic (exact) mass is 210 g/mol. The molecule has 1 rings (SSSR count). The van der Waals surface area contributed by atoms with Crippen LogP contribution in [0.2, 0.25) is 0 Å². The fourth-order valence-electron chi connectivity index (χ4n) is 1.70. The molecule has 0 aromatic rings. The third-order valence-electron chi connectivity index (χ3n) is 2.54. The van der Waals surface area contributed by atoms with Crippen LogP contribution >= 0.6 is 0 Å². The smallest absolute Gasteiger partial charge is 0.0985 e. The van der Waals surface area contributed by atoms with Crippen LogP contribution < -0.4 is 5.32 Å². The van der Waals surface area contributed by atoms with Crippen LogP contribution in [0.5, 0.6) is 0 Å². The lowest BCUT2D eigenvalue weighted by Gasteiger charge is -2.24. The van der Waals surface area contributed by atoms with Gasteiger partial charge in [0.15, 0.2) is 0 Å². The molecule has 15 heavy (non-hydrogen) atoms. The first-order valence-corrected chi connectivity index (χ1v) is 5.82. The van der Waals surface area contributed by atoms with Gasteiger partial charge in [0.1, 0.15) is 0 Å². The maximum absolute atomic E-state index is 8.87. The van der Waals surface area contributed by atoms with E-state index in [0.29, 0.717) is 12.7 Å². The predicted octanol–water partition coefficient (Wildman–Crippen LogP) is 1.82. The Balaban J connectivity index is 2.15. The van der Waals surface area contributed by atoms with Crippen LogP contribution in [0.1, 0.15) is 32.6 Å². The minimum atomic E-state index is 0.216. The first-order chi connectivity index (χ1) is 7.38. The van der Waals surface area contributed by atoms with Crippen LogP contribution in [0.25, 0.3) is 0 Å². The lowest BCUT2D eigenvalue weighted by Crippen LogP contribution is -2.36. The standard InChI is InChI=1S/C12H22N2O/c1-2-3-4-5-6-7-12-13-8-9-14(12)10-11-15/h4-5,8-9,12-13,15H,2-3,6-7,10-11H2,1H3/b5-4+. The molecular weight excluding hydrogens is 188 g/mol. The predicted molar refractivity (Wildman–Crippen MR) is 63.1 cm³/mol. The Morgan fingerprint density at radius 1 is 1.40 bits per heavy atom. The number of rotatable bonds is 7. The van der Waals surface area contributed by atoms with Crippen molar-refractivity contribution < 1.29 is 5.11 Å². The van der Waals surface area contributed by atoms with E-state index in [1.54, 1.807) is 0 Å². The van der Waals surface area contributed by atoms with E-state index in [2.05, 4.69) is 29.3 Å². The Bertz CT molecular complexity index is 214. The van der Waals surface area contributed by atoms with E-state index in [1.807, 2.05) is 12.4 Å². The van der Waals surface area contributed by atoms with Gasteiger partial charge >= 0.3 is 0 Å². The minimum absolute atomic E-state index is 0.216. The molecule has 0 saturated heterocycles. The number of aliphatic hydroxyl groups is 1. The van der Waals surface area contributed by atoms with Crippen molar-refractivity contribution >= 4 is 0 Å². The van der Waals surface area contributed by atoms with E-state index in [4.69, 9.17) is 5.11 Å². The number of nitrogens with one attached hydrogen (secondary N) is 1. The molecule has 0 aromatic carbocycles. The van der Waals surface area contributed by atoms with Crippen molar-refractivity contribution in [3.63, 3.8) is 0 Å². The van der Waals surface area contributed by atoms with Gasteiger partial charge in [-0.1, -0.05) is 25.5 Å². The van der Waals surface area contributed by atoms with Crippen molar-refractivity contribution in [3.05, 3.63) is 24.6 Å². The summed E-state index contributed by atoms with van der Waals surface area (Å²) >= 11 is 0. The first kappa shape index (κ1) is 12.1. The Hall–Kier alpha value is -0.960. The van der Waals surface area contributed by atoms with E-state index >= 15 is 0 Å². The molecule has 1 atom stereocenters. The summed E-state index contributed by atoms with van der Waals surface area (Å²) in [5.74, 6) is 0. The molecule has 1 unspecified atom stereocenters. The van der Waals surface area contributed by atoms with E-state index in [-0.39, 0.29) is 6.61 Å². The molecule has 0 fully saturated rings. The van der Waals surface area contributed by atoms with Crippen molar-refractivity contribution in [3.8, 4) is 0 Å². The second kappa shape index (κ2) is 7.35. The van der Waals surface area contributed by atoms with Crippen molar-refractivity contribution in [2.24, 2.45) is 0 Å². The van der Waals surface area contributed by atoms with Crippen molar-refractivity contribution in [1.29, 1.82) is 0 Å². The molecule has 1 aliphatic rings. The average molecular weight is 210 g/mol. The van der Waals surface area contributed by atoms with E-state index in [0.717, 1.165) is 12.8 Å². The molecule has 0 aliphatic carbocycles. The highest BCUT2D eigenvalue weighted by molar-refractivity contribution is 4.95. The van der Waals surface area contributed by atoms with Crippen LogP contribution in [0, 0.1) is 0 Å². The lowest BCUT2D eigenvalue weighted by molar-refractivity contribution is 0.196. The van der Waals surface area contributed by atoms with Gasteiger partial charge in [-0.2, -0.15) is 0 Å². The van der Waals surface area contributed by atoms with Gasteiger partial charge in [-0.15, -0.1) is 0 Å². The summed E-state index contributed by atoms with van der Waals surface area (Å²) in [5, 5.41) is 12.2. The maximum Gasteiger partial charge on any atom is 0.0985 e. The molecule has 2 N–H and O–H groups in total. The van der Waals surface area contributed by atoms with E-state index < -0.39 is 0 Å². The maximum atomic E-state index is 8.87. The molecule has 1 aliphatic heterocycles. The number of hydrogen-bond donors (Lipinski definition) is 2. The van der Waals surface area contributed by atoms with Gasteiger partial charge < -0.3 is 15.3 Å². The van der Waals surface area contributed by atoms with E-state index in [1.165, 1.54) is 12.8 Å². The van der Waals surface area contributed by atoms with Gasteiger partial charge in [-0.3, -0.25) is 0 Å². The quantitative estimate of drug-likeness (QED) is 0.629. The van der Waals surface area contributed by atoms with Gasteiger partial charge in [-0.25, -0.2) is 0 Å². The van der Waals surface area contributed by atoms with Crippen molar-refractivity contribution in [2.45, 2.75) is 38.8 Å². The first-order valence-electron chi connectivity index (χ1n) is 5.82. The molecule has 86 valence electrons. The average Bonchev–Trinajstić information content (AvgIpc) is 2.66. The van der Waals surface area contributed by atoms with Crippen LogP contribution in [0.3, 0.4) is 0 Å². The minimum Gasteiger partial charge on any atom is -0.395 e. The lowest BCUT2D eigenvalue weighted by atomic mass is 10.2. The fraction of sp³-hybridized carbons (Fsp3) is 0.667.